The lowest BCUT2D eigenvalue weighted by molar-refractivity contribution is -0.122. The number of carbonyl (C=O) groups excluding carboxylic acids is 1. The fraction of sp³-hybridized carbons (Fsp3) is 0.583. The van der Waals surface area contributed by atoms with Crippen LogP contribution in [0.3, 0.4) is 0 Å². The molecule has 2 unspecified atom stereocenters. The van der Waals surface area contributed by atoms with E-state index < -0.39 is 0 Å². The summed E-state index contributed by atoms with van der Waals surface area (Å²) >= 11 is 1.75. The summed E-state index contributed by atoms with van der Waals surface area (Å²) in [6.07, 6.45) is 1.90. The van der Waals surface area contributed by atoms with Crippen molar-refractivity contribution in [1.29, 1.82) is 0 Å². The molecule has 4 heteroatoms. The predicted molar refractivity (Wildman–Crippen MR) is 64.7 cm³/mol. The first-order chi connectivity index (χ1) is 7.83. The van der Waals surface area contributed by atoms with Crippen molar-refractivity contribution in [2.75, 3.05) is 20.3 Å². The van der Waals surface area contributed by atoms with E-state index >= 15 is 0 Å². The van der Waals surface area contributed by atoms with Crippen molar-refractivity contribution in [3.8, 4) is 0 Å². The van der Waals surface area contributed by atoms with Crippen LogP contribution >= 0.6 is 11.3 Å². The van der Waals surface area contributed by atoms with Gasteiger partial charge in [-0.1, -0.05) is 6.07 Å². The van der Waals surface area contributed by atoms with E-state index in [1.54, 1.807) is 18.4 Å². The molecule has 3 nitrogen and oxygen atoms in total. The number of amides is 1. The number of methoxy groups -OCH3 is 1. The number of rotatable bonds is 6. The number of hydrogen-bond acceptors (Lipinski definition) is 3. The molecule has 0 radical (unpaired) electrons. The highest BCUT2D eigenvalue weighted by Crippen LogP contribution is 2.49. The Bertz CT molecular complexity index is 337. The van der Waals surface area contributed by atoms with Crippen LogP contribution in [0.4, 0.5) is 0 Å². The summed E-state index contributed by atoms with van der Waals surface area (Å²) in [6.45, 7) is 1.43. The van der Waals surface area contributed by atoms with Crippen molar-refractivity contribution in [3.63, 3.8) is 0 Å². The van der Waals surface area contributed by atoms with Crippen LogP contribution in [0.25, 0.3) is 0 Å². The molecule has 2 rings (SSSR count). The second-order valence-corrected chi connectivity index (χ2v) is 5.08. The Labute approximate surface area is 99.8 Å². The van der Waals surface area contributed by atoms with Crippen LogP contribution in [0.2, 0.25) is 0 Å². The monoisotopic (exact) mass is 239 g/mol. The van der Waals surface area contributed by atoms with Gasteiger partial charge in [0.05, 0.1) is 0 Å². The van der Waals surface area contributed by atoms with Gasteiger partial charge in [-0.05, 0) is 24.3 Å². The zero-order valence-corrected chi connectivity index (χ0v) is 10.3. The van der Waals surface area contributed by atoms with Gasteiger partial charge < -0.3 is 10.1 Å². The molecular weight excluding hydrogens is 222 g/mol. The molecule has 1 aromatic rings. The maximum atomic E-state index is 11.7. The summed E-state index contributed by atoms with van der Waals surface area (Å²) in [6, 6.07) is 4.17. The first-order valence-corrected chi connectivity index (χ1v) is 6.51. The summed E-state index contributed by atoms with van der Waals surface area (Å²) in [4.78, 5) is 13.1. The van der Waals surface area contributed by atoms with E-state index in [1.807, 2.05) is 6.07 Å². The molecule has 1 saturated carbocycles. The Kier molecular flexibility index (Phi) is 3.96. The van der Waals surface area contributed by atoms with E-state index in [1.165, 1.54) is 4.88 Å². The van der Waals surface area contributed by atoms with Crippen molar-refractivity contribution in [3.05, 3.63) is 22.4 Å². The average molecular weight is 239 g/mol. The Morgan fingerprint density at radius 2 is 2.56 bits per heavy atom. The smallest absolute Gasteiger partial charge is 0.223 e. The number of nitrogens with one attached hydrogen (secondary N) is 1. The lowest BCUT2D eigenvalue weighted by Crippen LogP contribution is -2.27. The number of ether oxygens (including phenoxy) is 1. The summed E-state index contributed by atoms with van der Waals surface area (Å²) in [7, 11) is 1.68. The van der Waals surface area contributed by atoms with Crippen LogP contribution in [0.15, 0.2) is 17.5 Å². The largest absolute Gasteiger partial charge is 0.385 e. The van der Waals surface area contributed by atoms with E-state index in [2.05, 4.69) is 16.8 Å². The topological polar surface area (TPSA) is 38.3 Å². The Hall–Kier alpha value is -0.870. The van der Waals surface area contributed by atoms with Gasteiger partial charge in [0.2, 0.25) is 5.91 Å². The molecule has 0 aliphatic heterocycles. The Morgan fingerprint density at radius 3 is 3.25 bits per heavy atom. The van der Waals surface area contributed by atoms with Gasteiger partial charge in [-0.25, -0.2) is 0 Å². The summed E-state index contributed by atoms with van der Waals surface area (Å²) in [5.74, 6) is 0.887. The highest BCUT2D eigenvalue weighted by atomic mass is 32.1. The van der Waals surface area contributed by atoms with Gasteiger partial charge in [-0.2, -0.15) is 0 Å². The number of carbonyl (C=O) groups is 1. The van der Waals surface area contributed by atoms with Crippen molar-refractivity contribution in [1.82, 2.24) is 5.32 Å². The van der Waals surface area contributed by atoms with Gasteiger partial charge in [0.1, 0.15) is 0 Å². The van der Waals surface area contributed by atoms with Gasteiger partial charge in [0.25, 0.3) is 0 Å². The molecule has 0 saturated heterocycles. The fourth-order valence-corrected chi connectivity index (χ4v) is 2.77. The minimum Gasteiger partial charge on any atom is -0.385 e. The third-order valence-electron chi connectivity index (χ3n) is 2.86. The van der Waals surface area contributed by atoms with Crippen LogP contribution in [0.5, 0.6) is 0 Å². The molecule has 1 fully saturated rings. The Balaban J connectivity index is 1.69. The van der Waals surface area contributed by atoms with Crippen LogP contribution in [-0.4, -0.2) is 26.2 Å². The number of hydrogen-bond donors (Lipinski definition) is 1. The third-order valence-corrected chi connectivity index (χ3v) is 3.86. The zero-order valence-electron chi connectivity index (χ0n) is 9.44. The molecule has 16 heavy (non-hydrogen) atoms. The molecule has 1 aliphatic carbocycles. The molecule has 1 N–H and O–H groups in total. The third kappa shape index (κ3) is 2.83. The van der Waals surface area contributed by atoms with E-state index in [0.29, 0.717) is 12.5 Å². The summed E-state index contributed by atoms with van der Waals surface area (Å²) < 4.78 is 4.93. The molecule has 2 atom stereocenters. The van der Waals surface area contributed by atoms with Crippen molar-refractivity contribution in [2.24, 2.45) is 5.92 Å². The first-order valence-electron chi connectivity index (χ1n) is 5.63. The van der Waals surface area contributed by atoms with Crippen molar-refractivity contribution < 1.29 is 9.53 Å². The predicted octanol–water partition coefficient (Wildman–Crippen LogP) is 2.00. The van der Waals surface area contributed by atoms with E-state index in [-0.39, 0.29) is 11.8 Å². The standard InChI is InChI=1S/C12H17NO2S/c1-15-6-3-5-13-12(14)10-8-9(10)11-4-2-7-16-11/h2,4,7,9-10H,3,5-6,8H2,1H3,(H,13,14). The number of thiophene rings is 1. The maximum absolute atomic E-state index is 11.7. The van der Waals surface area contributed by atoms with Gasteiger partial charge in [-0.3, -0.25) is 4.79 Å². The highest BCUT2D eigenvalue weighted by Gasteiger charge is 2.44. The van der Waals surface area contributed by atoms with Crippen LogP contribution < -0.4 is 5.32 Å². The van der Waals surface area contributed by atoms with Gasteiger partial charge >= 0.3 is 0 Å². The molecule has 0 bridgehead atoms. The summed E-state index contributed by atoms with van der Waals surface area (Å²) in [5.41, 5.74) is 0. The average Bonchev–Trinajstić information content (AvgIpc) is 2.91. The molecule has 0 spiro atoms. The molecule has 1 amide bonds. The van der Waals surface area contributed by atoms with Gasteiger partial charge in [0.15, 0.2) is 0 Å². The Morgan fingerprint density at radius 1 is 1.69 bits per heavy atom. The second-order valence-electron chi connectivity index (χ2n) is 4.10. The minimum atomic E-state index is 0.203. The fourth-order valence-electron chi connectivity index (χ4n) is 1.86. The van der Waals surface area contributed by atoms with E-state index in [0.717, 1.165) is 19.4 Å². The molecule has 88 valence electrons. The van der Waals surface area contributed by atoms with Crippen molar-refractivity contribution in [2.45, 2.75) is 18.8 Å². The lowest BCUT2D eigenvalue weighted by atomic mass is 10.2. The molecular formula is C12H17NO2S. The first kappa shape index (κ1) is 11.6. The molecule has 1 aromatic heterocycles. The summed E-state index contributed by atoms with van der Waals surface area (Å²) in [5, 5.41) is 5.03. The normalized spacial score (nSPS) is 23.1. The van der Waals surface area contributed by atoms with E-state index in [4.69, 9.17) is 4.74 Å². The van der Waals surface area contributed by atoms with Gasteiger partial charge in [0, 0.05) is 37.0 Å². The second kappa shape index (κ2) is 5.46. The van der Waals surface area contributed by atoms with Gasteiger partial charge in [-0.15, -0.1) is 11.3 Å². The minimum absolute atomic E-state index is 0.203. The molecule has 1 heterocycles. The SMILES string of the molecule is COCCCNC(=O)C1CC1c1cccs1. The van der Waals surface area contributed by atoms with Crippen LogP contribution in [0.1, 0.15) is 23.6 Å². The zero-order chi connectivity index (χ0) is 11.4. The van der Waals surface area contributed by atoms with Crippen LogP contribution in [0, 0.1) is 5.92 Å². The van der Waals surface area contributed by atoms with E-state index in [9.17, 15) is 4.79 Å². The van der Waals surface area contributed by atoms with Crippen LogP contribution in [-0.2, 0) is 9.53 Å². The van der Waals surface area contributed by atoms with Crippen molar-refractivity contribution >= 4 is 17.2 Å². The quantitative estimate of drug-likeness (QED) is 0.771. The lowest BCUT2D eigenvalue weighted by Gasteiger charge is -2.03. The maximum Gasteiger partial charge on any atom is 0.223 e. The molecule has 1 aliphatic rings. The highest BCUT2D eigenvalue weighted by molar-refractivity contribution is 7.10. The molecule has 0 aromatic carbocycles.